The van der Waals surface area contributed by atoms with Crippen molar-refractivity contribution in [3.05, 3.63) is 64.2 Å². The molecule has 1 saturated carbocycles. The van der Waals surface area contributed by atoms with Crippen LogP contribution in [0.25, 0.3) is 0 Å². The summed E-state index contributed by atoms with van der Waals surface area (Å²) in [5, 5.41) is 11.4. The normalized spacial score (nSPS) is 33.1. The van der Waals surface area contributed by atoms with Gasteiger partial charge in [-0.05, 0) is 61.6 Å². The fraction of sp³-hybridized carbons (Fsp3) is 0.379. The van der Waals surface area contributed by atoms with E-state index < -0.39 is 51.1 Å². The zero-order chi connectivity index (χ0) is 28.9. The first kappa shape index (κ1) is 27.1. The molecule has 0 bridgehead atoms. The smallest absolute Gasteiger partial charge is 0.253 e. The van der Waals surface area contributed by atoms with E-state index in [1.165, 1.54) is 20.2 Å². The van der Waals surface area contributed by atoms with Gasteiger partial charge < -0.3 is 9.84 Å². The number of carbonyl (C=O) groups excluding carboxylic acids is 4. The van der Waals surface area contributed by atoms with E-state index in [0.29, 0.717) is 22.0 Å². The third-order valence-electron chi connectivity index (χ3n) is 8.97. The first-order valence-corrected chi connectivity index (χ1v) is 13.9. The fourth-order valence-corrected chi connectivity index (χ4v) is 8.14. The molecule has 2 heterocycles. The van der Waals surface area contributed by atoms with Crippen LogP contribution in [-0.2, 0) is 19.2 Å². The number of halogens is 3. The van der Waals surface area contributed by atoms with Crippen molar-refractivity contribution < 1.29 is 29.0 Å². The number of phenolic OH excluding ortho intramolecular Hbond substituents is 1. The highest BCUT2D eigenvalue weighted by Gasteiger charge is 2.76. The van der Waals surface area contributed by atoms with Gasteiger partial charge in [-0.15, -0.1) is 23.2 Å². The second-order valence-electron chi connectivity index (χ2n) is 10.9. The van der Waals surface area contributed by atoms with Crippen LogP contribution in [-0.4, -0.2) is 57.5 Å². The van der Waals surface area contributed by atoms with E-state index in [2.05, 4.69) is 0 Å². The Morgan fingerprint density at radius 1 is 1.00 bits per heavy atom. The molecule has 0 aromatic heterocycles. The Balaban J connectivity index is 1.53. The number of hydrogen-bond donors (Lipinski definition) is 1. The summed E-state index contributed by atoms with van der Waals surface area (Å²) in [6.45, 7) is 1.82. The lowest BCUT2D eigenvalue weighted by Crippen LogP contribution is -2.60. The van der Waals surface area contributed by atoms with Crippen molar-refractivity contribution in [1.82, 2.24) is 4.90 Å². The predicted molar refractivity (Wildman–Crippen MR) is 149 cm³/mol. The van der Waals surface area contributed by atoms with Gasteiger partial charge in [0.2, 0.25) is 11.8 Å². The minimum absolute atomic E-state index is 0.136. The molecule has 1 N–H and O–H groups in total. The molecular weight excluding hydrogens is 579 g/mol. The van der Waals surface area contributed by atoms with E-state index >= 15 is 0 Å². The molecule has 2 saturated heterocycles. The van der Waals surface area contributed by atoms with E-state index in [9.17, 15) is 24.3 Å². The molecule has 3 fully saturated rings. The quantitative estimate of drug-likeness (QED) is 0.314. The average molecular weight is 604 g/mol. The number of imide groups is 2. The largest absolute Gasteiger partial charge is 0.508 e. The molecule has 11 heteroatoms. The molecule has 0 spiro atoms. The van der Waals surface area contributed by atoms with Gasteiger partial charge in [0, 0.05) is 23.6 Å². The van der Waals surface area contributed by atoms with Crippen molar-refractivity contribution in [3.8, 4) is 11.5 Å². The van der Waals surface area contributed by atoms with Crippen molar-refractivity contribution in [1.29, 1.82) is 0 Å². The number of benzene rings is 2. The van der Waals surface area contributed by atoms with Crippen LogP contribution in [0.1, 0.15) is 29.9 Å². The van der Waals surface area contributed by atoms with Crippen molar-refractivity contribution >= 4 is 64.1 Å². The Kier molecular flexibility index (Phi) is 6.08. The maximum Gasteiger partial charge on any atom is 0.253 e. The molecule has 6 rings (SSSR count). The summed E-state index contributed by atoms with van der Waals surface area (Å²) < 4.78 is 5.37. The number of nitrogens with zero attached hydrogens (tertiary/aromatic N) is 2. The molecule has 4 aliphatic rings. The molecule has 40 heavy (non-hydrogen) atoms. The Hall–Kier alpha value is -3.07. The van der Waals surface area contributed by atoms with Gasteiger partial charge in [0.25, 0.3) is 11.8 Å². The molecule has 4 amide bonds. The van der Waals surface area contributed by atoms with Crippen LogP contribution < -0.4 is 9.64 Å². The third kappa shape index (κ3) is 3.33. The number of ether oxygens (including phenoxy) is 1. The highest BCUT2D eigenvalue weighted by Crippen LogP contribution is 2.66. The summed E-state index contributed by atoms with van der Waals surface area (Å²) in [5.41, 5.74) is 1.98. The average Bonchev–Trinajstić information content (AvgIpc) is 3.26. The van der Waals surface area contributed by atoms with Crippen LogP contribution in [0.5, 0.6) is 11.5 Å². The lowest BCUT2D eigenvalue weighted by molar-refractivity contribution is -0.138. The summed E-state index contributed by atoms with van der Waals surface area (Å²) in [7, 11) is 2.77. The van der Waals surface area contributed by atoms with Crippen molar-refractivity contribution in [2.45, 2.75) is 35.4 Å². The number of fused-ring (bicyclic) bond motifs is 4. The highest BCUT2D eigenvalue weighted by molar-refractivity contribution is 6.53. The standard InChI is InChI=1S/C29H25Cl3N2O6/c1-13-4-5-14(10-20(13)30)34-24(36)17-8-7-16-19(22(17)25(34)37)12-28(31)26(38)33(2)27(39)29(28,32)23(16)18-11-15(40-3)6-9-21(18)35/h4-7,9-11,17,19,22-23,35H,8,12H2,1-3H3/t17-,19+,22-,23+,28+,29-/m0/s1. The first-order valence-electron chi connectivity index (χ1n) is 12.8. The number of alkyl halides is 2. The Bertz CT molecular complexity index is 1560. The number of rotatable bonds is 3. The van der Waals surface area contributed by atoms with E-state index in [-0.39, 0.29) is 30.1 Å². The Morgan fingerprint density at radius 2 is 1.73 bits per heavy atom. The highest BCUT2D eigenvalue weighted by atomic mass is 35.5. The van der Waals surface area contributed by atoms with Gasteiger partial charge >= 0.3 is 0 Å². The maximum atomic E-state index is 14.0. The van der Waals surface area contributed by atoms with Crippen molar-refractivity contribution in [2.24, 2.45) is 17.8 Å². The maximum absolute atomic E-state index is 14.0. The number of anilines is 1. The van der Waals surface area contributed by atoms with Gasteiger partial charge in [-0.1, -0.05) is 29.3 Å². The number of amides is 4. The minimum atomic E-state index is -1.99. The van der Waals surface area contributed by atoms with Gasteiger partial charge in [0.15, 0.2) is 9.75 Å². The number of aryl methyl sites for hydroxylation is 1. The molecule has 2 aromatic rings. The van der Waals surface area contributed by atoms with E-state index in [4.69, 9.17) is 39.5 Å². The van der Waals surface area contributed by atoms with Gasteiger partial charge in [0.1, 0.15) is 11.5 Å². The van der Waals surface area contributed by atoms with Crippen molar-refractivity contribution in [2.75, 3.05) is 19.1 Å². The zero-order valence-corrected chi connectivity index (χ0v) is 24.0. The molecular formula is C29H25Cl3N2O6. The number of carbonyl (C=O) groups is 4. The van der Waals surface area contributed by atoms with Crippen LogP contribution in [0.2, 0.25) is 5.02 Å². The number of aromatic hydroxyl groups is 1. The second-order valence-corrected chi connectivity index (χ2v) is 12.5. The number of methoxy groups -OCH3 is 1. The predicted octanol–water partition coefficient (Wildman–Crippen LogP) is 4.56. The minimum Gasteiger partial charge on any atom is -0.508 e. The molecule has 0 unspecified atom stereocenters. The number of phenols is 1. The van der Waals surface area contributed by atoms with Crippen LogP contribution >= 0.6 is 34.8 Å². The monoisotopic (exact) mass is 602 g/mol. The van der Waals surface area contributed by atoms with Crippen LogP contribution in [0.3, 0.4) is 0 Å². The summed E-state index contributed by atoms with van der Waals surface area (Å²) >= 11 is 20.6. The zero-order valence-electron chi connectivity index (χ0n) is 21.8. The van der Waals surface area contributed by atoms with Crippen LogP contribution in [0.4, 0.5) is 5.69 Å². The van der Waals surface area contributed by atoms with E-state index in [1.807, 2.05) is 13.0 Å². The fourth-order valence-electron chi connectivity index (χ4n) is 6.96. The molecule has 6 atom stereocenters. The van der Waals surface area contributed by atoms with Crippen molar-refractivity contribution in [3.63, 3.8) is 0 Å². The number of allylic oxidation sites excluding steroid dienone is 2. The first-order chi connectivity index (χ1) is 18.9. The van der Waals surface area contributed by atoms with Gasteiger partial charge in [-0.3, -0.25) is 24.1 Å². The van der Waals surface area contributed by atoms with Crippen LogP contribution in [0, 0.1) is 24.7 Å². The Morgan fingerprint density at radius 3 is 2.40 bits per heavy atom. The molecule has 0 radical (unpaired) electrons. The number of likely N-dealkylation sites (tertiary alicyclic amines) is 1. The summed E-state index contributed by atoms with van der Waals surface area (Å²) in [4.78, 5) is 53.0. The second kappa shape index (κ2) is 8.96. The summed E-state index contributed by atoms with van der Waals surface area (Å²) in [6, 6.07) is 9.50. The third-order valence-corrected chi connectivity index (χ3v) is 10.8. The molecule has 2 aliphatic carbocycles. The van der Waals surface area contributed by atoms with Gasteiger partial charge in [-0.25, -0.2) is 4.90 Å². The van der Waals surface area contributed by atoms with Gasteiger partial charge in [-0.2, -0.15) is 0 Å². The molecule has 2 aliphatic heterocycles. The molecule has 8 nitrogen and oxygen atoms in total. The van der Waals surface area contributed by atoms with Crippen LogP contribution in [0.15, 0.2) is 48.0 Å². The summed E-state index contributed by atoms with van der Waals surface area (Å²) in [6.07, 6.45) is 1.88. The molecule has 2 aromatic carbocycles. The SMILES string of the molecule is COc1ccc(O)c([C@H]2C3=CC[C@@H]4C(=O)N(c5ccc(C)c(Cl)c5)C(=O)[C@@H]4[C@@H]3C[C@@]3(Cl)C(=O)N(C)C(=O)[C@@]23Cl)c1. The lowest BCUT2D eigenvalue weighted by Gasteiger charge is -2.50. The lowest BCUT2D eigenvalue weighted by atomic mass is 9.56. The number of hydrogen-bond acceptors (Lipinski definition) is 6. The molecule has 208 valence electrons. The summed E-state index contributed by atoms with van der Waals surface area (Å²) in [5.74, 6) is -5.32. The van der Waals surface area contributed by atoms with Gasteiger partial charge in [0.05, 0.1) is 24.6 Å². The Labute approximate surface area is 245 Å². The van der Waals surface area contributed by atoms with E-state index in [1.54, 1.807) is 30.3 Å². The topological polar surface area (TPSA) is 104 Å². The van der Waals surface area contributed by atoms with E-state index in [0.717, 1.165) is 15.4 Å².